The fourth-order valence-corrected chi connectivity index (χ4v) is 4.19. The lowest BCUT2D eigenvalue weighted by molar-refractivity contribution is 0.216. The summed E-state index contributed by atoms with van der Waals surface area (Å²) < 4.78 is 0. The van der Waals surface area contributed by atoms with Crippen molar-refractivity contribution in [2.75, 3.05) is 0 Å². The Hall–Kier alpha value is -0.820. The molecule has 1 aliphatic carbocycles. The first kappa shape index (κ1) is 15.6. The van der Waals surface area contributed by atoms with Crippen LogP contribution in [0.1, 0.15) is 68.3 Å². The normalized spacial score (nSPS) is 28.4. The largest absolute Gasteiger partial charge is 0.307 e. The molecule has 1 aromatic carbocycles. The molecule has 4 unspecified atom stereocenters. The van der Waals surface area contributed by atoms with Crippen LogP contribution < -0.4 is 5.32 Å². The Morgan fingerprint density at radius 1 is 1.05 bits per heavy atom. The van der Waals surface area contributed by atoms with Gasteiger partial charge in [0, 0.05) is 12.1 Å². The van der Waals surface area contributed by atoms with Crippen LogP contribution in [0, 0.1) is 32.6 Å². The molecular weight excluding hydrogens is 242 g/mol. The summed E-state index contributed by atoms with van der Waals surface area (Å²) in [5.74, 6) is 1.70. The third kappa shape index (κ3) is 3.44. The van der Waals surface area contributed by atoms with E-state index >= 15 is 0 Å². The van der Waals surface area contributed by atoms with Gasteiger partial charge in [0.2, 0.25) is 0 Å². The van der Waals surface area contributed by atoms with Crippen molar-refractivity contribution in [3.05, 3.63) is 34.4 Å². The maximum absolute atomic E-state index is 3.91. The number of nitrogens with one attached hydrogen (secondary N) is 1. The lowest BCUT2D eigenvalue weighted by Crippen LogP contribution is -2.40. The minimum Gasteiger partial charge on any atom is -0.307 e. The smallest absolute Gasteiger partial charge is 0.0299 e. The van der Waals surface area contributed by atoms with E-state index in [9.17, 15) is 0 Å². The van der Waals surface area contributed by atoms with E-state index in [-0.39, 0.29) is 0 Å². The second kappa shape index (κ2) is 6.30. The third-order valence-corrected chi connectivity index (χ3v) is 5.07. The summed E-state index contributed by atoms with van der Waals surface area (Å²) >= 11 is 0. The van der Waals surface area contributed by atoms with Crippen LogP contribution in [0.15, 0.2) is 12.1 Å². The van der Waals surface area contributed by atoms with E-state index < -0.39 is 0 Å². The number of hydrogen-bond donors (Lipinski definition) is 1. The van der Waals surface area contributed by atoms with Gasteiger partial charge in [0.15, 0.2) is 0 Å². The Labute approximate surface area is 125 Å². The van der Waals surface area contributed by atoms with Crippen molar-refractivity contribution in [3.8, 4) is 0 Å². The lowest BCUT2D eigenvalue weighted by atomic mass is 9.79. The number of benzene rings is 1. The summed E-state index contributed by atoms with van der Waals surface area (Å²) in [6.07, 6.45) is 4.08. The van der Waals surface area contributed by atoms with Gasteiger partial charge in [-0.25, -0.2) is 0 Å². The second-order valence-electron chi connectivity index (χ2n) is 7.20. The summed E-state index contributed by atoms with van der Waals surface area (Å²) in [6.45, 7) is 13.8. The molecule has 0 bridgehead atoms. The predicted octanol–water partition coefficient (Wildman–Crippen LogP) is 5.09. The molecule has 4 atom stereocenters. The molecule has 0 aromatic heterocycles. The van der Waals surface area contributed by atoms with Crippen molar-refractivity contribution < 1.29 is 0 Å². The number of rotatable bonds is 3. The van der Waals surface area contributed by atoms with Gasteiger partial charge in [0.05, 0.1) is 0 Å². The summed E-state index contributed by atoms with van der Waals surface area (Å²) in [7, 11) is 0. The number of hydrogen-bond acceptors (Lipinski definition) is 1. The maximum atomic E-state index is 3.91. The first-order valence-corrected chi connectivity index (χ1v) is 8.22. The van der Waals surface area contributed by atoms with Crippen molar-refractivity contribution in [1.29, 1.82) is 0 Å². The average Bonchev–Trinajstić information content (AvgIpc) is 2.31. The average molecular weight is 273 g/mol. The van der Waals surface area contributed by atoms with Gasteiger partial charge in [0.25, 0.3) is 0 Å². The monoisotopic (exact) mass is 273 g/mol. The Morgan fingerprint density at radius 3 is 2.20 bits per heavy atom. The van der Waals surface area contributed by atoms with Crippen LogP contribution in [0.25, 0.3) is 0 Å². The summed E-state index contributed by atoms with van der Waals surface area (Å²) in [4.78, 5) is 0. The molecule has 1 aromatic rings. The molecule has 0 saturated heterocycles. The summed E-state index contributed by atoms with van der Waals surface area (Å²) in [6, 6.07) is 5.76. The van der Waals surface area contributed by atoms with E-state index in [1.807, 2.05) is 0 Å². The molecule has 0 aliphatic heterocycles. The van der Waals surface area contributed by atoms with Crippen LogP contribution in [0.3, 0.4) is 0 Å². The van der Waals surface area contributed by atoms with E-state index in [0.717, 1.165) is 11.8 Å². The zero-order valence-corrected chi connectivity index (χ0v) is 14.1. The zero-order chi connectivity index (χ0) is 14.9. The molecule has 0 heterocycles. The molecule has 1 nitrogen and oxygen atoms in total. The van der Waals surface area contributed by atoms with Crippen LogP contribution in [-0.2, 0) is 0 Å². The van der Waals surface area contributed by atoms with E-state index in [0.29, 0.717) is 12.1 Å². The Bertz CT molecular complexity index is 440. The van der Waals surface area contributed by atoms with Gasteiger partial charge >= 0.3 is 0 Å². The zero-order valence-electron chi connectivity index (χ0n) is 14.1. The first-order chi connectivity index (χ1) is 9.38. The molecule has 1 heteroatoms. The molecule has 2 rings (SSSR count). The minimum absolute atomic E-state index is 0.455. The van der Waals surface area contributed by atoms with Crippen molar-refractivity contribution >= 4 is 0 Å². The SMILES string of the molecule is Cc1cc(C)c(C(C)NC2CCC(C)CC2C)c(C)c1. The fraction of sp³-hybridized carbons (Fsp3) is 0.684. The van der Waals surface area contributed by atoms with Crippen LogP contribution in [0.5, 0.6) is 0 Å². The van der Waals surface area contributed by atoms with Gasteiger partial charge in [-0.3, -0.25) is 0 Å². The minimum atomic E-state index is 0.455. The van der Waals surface area contributed by atoms with Gasteiger partial charge < -0.3 is 5.32 Å². The van der Waals surface area contributed by atoms with Crippen molar-refractivity contribution in [3.63, 3.8) is 0 Å². The van der Waals surface area contributed by atoms with Gasteiger partial charge in [-0.1, -0.05) is 31.5 Å². The quantitative estimate of drug-likeness (QED) is 0.809. The highest BCUT2D eigenvalue weighted by Gasteiger charge is 2.27. The molecule has 1 N–H and O–H groups in total. The van der Waals surface area contributed by atoms with Crippen LogP contribution >= 0.6 is 0 Å². The van der Waals surface area contributed by atoms with Gasteiger partial charge in [0.1, 0.15) is 0 Å². The van der Waals surface area contributed by atoms with Crippen molar-refractivity contribution in [1.82, 2.24) is 5.32 Å². The molecule has 1 fully saturated rings. The molecule has 0 amide bonds. The van der Waals surface area contributed by atoms with Crippen LogP contribution in [-0.4, -0.2) is 6.04 Å². The predicted molar refractivity (Wildman–Crippen MR) is 88.2 cm³/mol. The highest BCUT2D eigenvalue weighted by atomic mass is 15.0. The van der Waals surface area contributed by atoms with E-state index in [1.165, 1.54) is 41.5 Å². The Morgan fingerprint density at radius 2 is 1.65 bits per heavy atom. The Balaban J connectivity index is 2.10. The molecule has 20 heavy (non-hydrogen) atoms. The topological polar surface area (TPSA) is 12.0 Å². The van der Waals surface area contributed by atoms with Crippen LogP contribution in [0.4, 0.5) is 0 Å². The molecule has 0 spiro atoms. The first-order valence-electron chi connectivity index (χ1n) is 8.22. The van der Waals surface area contributed by atoms with E-state index in [2.05, 4.69) is 59.0 Å². The summed E-state index contributed by atoms with van der Waals surface area (Å²) in [5, 5.41) is 3.91. The highest BCUT2D eigenvalue weighted by Crippen LogP contribution is 2.31. The lowest BCUT2D eigenvalue weighted by Gasteiger charge is -2.36. The molecule has 1 saturated carbocycles. The maximum Gasteiger partial charge on any atom is 0.0299 e. The summed E-state index contributed by atoms with van der Waals surface area (Å²) in [5.41, 5.74) is 5.73. The third-order valence-electron chi connectivity index (χ3n) is 5.07. The van der Waals surface area contributed by atoms with Crippen molar-refractivity contribution in [2.45, 2.75) is 72.9 Å². The number of aryl methyl sites for hydroxylation is 3. The fourth-order valence-electron chi connectivity index (χ4n) is 4.19. The van der Waals surface area contributed by atoms with Crippen molar-refractivity contribution in [2.24, 2.45) is 11.8 Å². The molecule has 1 aliphatic rings. The Kier molecular flexibility index (Phi) is 4.90. The van der Waals surface area contributed by atoms with E-state index in [1.54, 1.807) is 0 Å². The molecule has 112 valence electrons. The van der Waals surface area contributed by atoms with Gasteiger partial charge in [-0.2, -0.15) is 0 Å². The second-order valence-corrected chi connectivity index (χ2v) is 7.20. The van der Waals surface area contributed by atoms with Gasteiger partial charge in [-0.05, 0) is 75.5 Å². The molecule has 0 radical (unpaired) electrons. The van der Waals surface area contributed by atoms with Crippen LogP contribution in [0.2, 0.25) is 0 Å². The van der Waals surface area contributed by atoms with Gasteiger partial charge in [-0.15, -0.1) is 0 Å². The standard InChI is InChI=1S/C19H31N/c1-12-7-8-18(14(3)9-12)20-17(6)19-15(4)10-13(2)11-16(19)5/h10-12,14,17-18,20H,7-9H2,1-6H3. The van der Waals surface area contributed by atoms with E-state index in [4.69, 9.17) is 0 Å². The highest BCUT2D eigenvalue weighted by molar-refractivity contribution is 5.39. The molecular formula is C19H31N.